The normalized spacial score (nSPS) is 43.7. The fourth-order valence-corrected chi connectivity index (χ4v) is 5.02. The van der Waals surface area contributed by atoms with Crippen molar-refractivity contribution in [2.24, 2.45) is 29.6 Å². The van der Waals surface area contributed by atoms with E-state index in [1.165, 1.54) is 18.4 Å². The Morgan fingerprint density at radius 2 is 2.12 bits per heavy atom. The molecule has 3 saturated carbocycles. The van der Waals surface area contributed by atoms with Crippen LogP contribution in [-0.4, -0.2) is 13.1 Å². The highest BCUT2D eigenvalue weighted by molar-refractivity contribution is 5.18. The number of nitrogens with one attached hydrogen (secondary N) is 1. The zero-order valence-corrected chi connectivity index (χ0v) is 10.4. The molecular weight excluding hydrogens is 210 g/mol. The van der Waals surface area contributed by atoms with Gasteiger partial charge in [-0.25, -0.2) is 0 Å². The van der Waals surface area contributed by atoms with Gasteiger partial charge >= 0.3 is 0 Å². The van der Waals surface area contributed by atoms with Gasteiger partial charge in [0.1, 0.15) is 0 Å². The molecule has 92 valence electrons. The van der Waals surface area contributed by atoms with Gasteiger partial charge in [0.2, 0.25) is 0 Å². The summed E-state index contributed by atoms with van der Waals surface area (Å²) in [4.78, 5) is 0. The van der Waals surface area contributed by atoms with Crippen molar-refractivity contribution in [2.75, 3.05) is 7.05 Å². The average molecular weight is 231 g/mol. The minimum Gasteiger partial charge on any atom is -0.472 e. The van der Waals surface area contributed by atoms with E-state index in [-0.39, 0.29) is 0 Å². The quantitative estimate of drug-likeness (QED) is 0.862. The number of hydrogen-bond donors (Lipinski definition) is 1. The summed E-state index contributed by atoms with van der Waals surface area (Å²) < 4.78 is 5.18. The Hall–Kier alpha value is -0.760. The molecule has 2 nitrogen and oxygen atoms in total. The van der Waals surface area contributed by atoms with Gasteiger partial charge in [-0.3, -0.25) is 0 Å². The highest BCUT2D eigenvalue weighted by Crippen LogP contribution is 2.70. The Labute approximate surface area is 103 Å². The summed E-state index contributed by atoms with van der Waals surface area (Å²) in [5.41, 5.74) is 1.35. The Bertz CT molecular complexity index is 383. The second-order valence-corrected chi connectivity index (χ2v) is 6.30. The molecule has 3 aliphatic rings. The minimum absolute atomic E-state index is 0.672. The minimum atomic E-state index is 0.672. The first-order chi connectivity index (χ1) is 8.38. The molecule has 5 atom stereocenters. The summed E-state index contributed by atoms with van der Waals surface area (Å²) in [5, 5.41) is 3.56. The van der Waals surface area contributed by atoms with Crippen LogP contribution >= 0.6 is 0 Å². The van der Waals surface area contributed by atoms with Crippen LogP contribution in [0.4, 0.5) is 0 Å². The van der Waals surface area contributed by atoms with Gasteiger partial charge in [0.15, 0.2) is 0 Å². The van der Waals surface area contributed by atoms with Crippen molar-refractivity contribution in [2.45, 2.75) is 31.7 Å². The molecule has 3 fully saturated rings. The highest BCUT2D eigenvalue weighted by Gasteiger charge is 2.66. The fourth-order valence-electron chi connectivity index (χ4n) is 5.02. The standard InChI is InChI=1S/C15H21NO/c1-16-12(6-9-4-5-17-8-9)15-13-10-2-3-11(7-10)14(13)15/h4-5,8,10-16H,2-3,6-7H2,1H3. The second-order valence-electron chi connectivity index (χ2n) is 6.30. The molecule has 0 amide bonds. The number of hydrogen-bond acceptors (Lipinski definition) is 2. The van der Waals surface area contributed by atoms with Crippen LogP contribution in [-0.2, 0) is 6.42 Å². The maximum absolute atomic E-state index is 5.18. The van der Waals surface area contributed by atoms with E-state index >= 15 is 0 Å². The average Bonchev–Trinajstić information content (AvgIpc) is 2.82. The summed E-state index contributed by atoms with van der Waals surface area (Å²) in [7, 11) is 2.13. The van der Waals surface area contributed by atoms with Gasteiger partial charge in [0.05, 0.1) is 12.5 Å². The molecule has 1 N–H and O–H groups in total. The van der Waals surface area contributed by atoms with Crippen molar-refractivity contribution in [1.82, 2.24) is 5.32 Å². The smallest absolute Gasteiger partial charge is 0.0935 e. The number of furan rings is 1. The topological polar surface area (TPSA) is 25.2 Å². The van der Waals surface area contributed by atoms with Crippen molar-refractivity contribution in [3.8, 4) is 0 Å². The van der Waals surface area contributed by atoms with E-state index in [1.54, 1.807) is 12.7 Å². The molecule has 17 heavy (non-hydrogen) atoms. The van der Waals surface area contributed by atoms with Crippen LogP contribution in [0.2, 0.25) is 0 Å². The Kier molecular flexibility index (Phi) is 2.17. The lowest BCUT2D eigenvalue weighted by molar-refractivity contribution is 0.376. The first kappa shape index (κ1) is 10.2. The molecule has 0 spiro atoms. The Morgan fingerprint density at radius 1 is 1.35 bits per heavy atom. The van der Waals surface area contributed by atoms with E-state index in [1.807, 2.05) is 6.26 Å². The molecular formula is C15H21NO. The van der Waals surface area contributed by atoms with Crippen molar-refractivity contribution >= 4 is 0 Å². The molecule has 0 saturated heterocycles. The lowest BCUT2D eigenvalue weighted by Crippen LogP contribution is -2.32. The van der Waals surface area contributed by atoms with E-state index in [9.17, 15) is 0 Å². The third-order valence-corrected chi connectivity index (χ3v) is 5.67. The third-order valence-electron chi connectivity index (χ3n) is 5.67. The van der Waals surface area contributed by atoms with Crippen molar-refractivity contribution in [3.63, 3.8) is 0 Å². The second kappa shape index (κ2) is 3.61. The van der Waals surface area contributed by atoms with Crippen molar-refractivity contribution in [1.29, 1.82) is 0 Å². The predicted molar refractivity (Wildman–Crippen MR) is 66.6 cm³/mol. The lowest BCUT2D eigenvalue weighted by Gasteiger charge is -2.19. The molecule has 1 aromatic rings. The van der Waals surface area contributed by atoms with Crippen LogP contribution in [0.25, 0.3) is 0 Å². The summed E-state index contributed by atoms with van der Waals surface area (Å²) >= 11 is 0. The molecule has 1 heterocycles. The number of likely N-dealkylation sites (N-methyl/N-ethyl adjacent to an activating group) is 1. The van der Waals surface area contributed by atoms with Gasteiger partial charge in [0.25, 0.3) is 0 Å². The van der Waals surface area contributed by atoms with E-state index in [0.717, 1.165) is 36.0 Å². The summed E-state index contributed by atoms with van der Waals surface area (Å²) in [6.45, 7) is 0. The van der Waals surface area contributed by atoms with Gasteiger partial charge in [-0.2, -0.15) is 0 Å². The summed E-state index contributed by atoms with van der Waals surface area (Å²) in [5.74, 6) is 5.25. The van der Waals surface area contributed by atoms with Crippen LogP contribution in [0.15, 0.2) is 23.0 Å². The molecule has 2 bridgehead atoms. The van der Waals surface area contributed by atoms with E-state index in [4.69, 9.17) is 4.42 Å². The summed E-state index contributed by atoms with van der Waals surface area (Å²) in [6.07, 6.45) is 9.42. The van der Waals surface area contributed by atoms with E-state index < -0.39 is 0 Å². The van der Waals surface area contributed by atoms with Crippen LogP contribution in [0.3, 0.4) is 0 Å². The molecule has 1 aromatic heterocycles. The van der Waals surface area contributed by atoms with Crippen LogP contribution in [0, 0.1) is 29.6 Å². The summed E-state index contributed by atoms with van der Waals surface area (Å²) in [6, 6.07) is 2.78. The number of rotatable bonds is 4. The van der Waals surface area contributed by atoms with E-state index in [0.29, 0.717) is 6.04 Å². The largest absolute Gasteiger partial charge is 0.472 e. The highest BCUT2D eigenvalue weighted by atomic mass is 16.3. The molecule has 0 radical (unpaired) electrons. The third kappa shape index (κ3) is 1.43. The van der Waals surface area contributed by atoms with Gasteiger partial charge in [-0.1, -0.05) is 0 Å². The fraction of sp³-hybridized carbons (Fsp3) is 0.733. The molecule has 3 aliphatic carbocycles. The number of fused-ring (bicyclic) bond motifs is 5. The van der Waals surface area contributed by atoms with E-state index in [2.05, 4.69) is 18.4 Å². The van der Waals surface area contributed by atoms with Crippen LogP contribution in [0.5, 0.6) is 0 Å². The molecule has 4 rings (SSSR count). The lowest BCUT2D eigenvalue weighted by atomic mass is 9.94. The maximum Gasteiger partial charge on any atom is 0.0935 e. The molecule has 0 aromatic carbocycles. The first-order valence-electron chi connectivity index (χ1n) is 7.07. The Balaban J connectivity index is 1.48. The predicted octanol–water partition coefficient (Wildman–Crippen LogP) is 2.70. The Morgan fingerprint density at radius 3 is 2.71 bits per heavy atom. The molecule has 5 unspecified atom stereocenters. The van der Waals surface area contributed by atoms with Crippen LogP contribution < -0.4 is 5.32 Å². The van der Waals surface area contributed by atoms with Crippen molar-refractivity contribution < 1.29 is 4.42 Å². The van der Waals surface area contributed by atoms with Crippen molar-refractivity contribution in [3.05, 3.63) is 24.2 Å². The molecule has 2 heteroatoms. The molecule has 0 aliphatic heterocycles. The van der Waals surface area contributed by atoms with Gasteiger partial charge in [0, 0.05) is 6.04 Å². The SMILES string of the molecule is CNC(Cc1ccoc1)C1C2C3CCC(C3)C21. The van der Waals surface area contributed by atoms with Crippen LogP contribution in [0.1, 0.15) is 24.8 Å². The van der Waals surface area contributed by atoms with Gasteiger partial charge in [-0.05, 0) is 74.0 Å². The van der Waals surface area contributed by atoms with Gasteiger partial charge in [-0.15, -0.1) is 0 Å². The maximum atomic E-state index is 5.18. The monoisotopic (exact) mass is 231 g/mol. The zero-order valence-electron chi connectivity index (χ0n) is 10.4. The first-order valence-corrected chi connectivity index (χ1v) is 7.07. The zero-order chi connectivity index (χ0) is 11.4. The van der Waals surface area contributed by atoms with Gasteiger partial charge < -0.3 is 9.73 Å².